The molecule has 0 aliphatic carbocycles. The topological polar surface area (TPSA) is 89.2 Å². The first-order valence-electron chi connectivity index (χ1n) is 8.39. The quantitative estimate of drug-likeness (QED) is 0.546. The summed E-state index contributed by atoms with van der Waals surface area (Å²) in [6, 6.07) is 3.21. The van der Waals surface area contributed by atoms with Crippen molar-refractivity contribution < 1.29 is 14.0 Å². The Kier molecular flexibility index (Phi) is 7.03. The van der Waals surface area contributed by atoms with Crippen molar-refractivity contribution in [3.05, 3.63) is 46.6 Å². The second-order valence-corrected chi connectivity index (χ2v) is 6.58. The van der Waals surface area contributed by atoms with Gasteiger partial charge in [-0.05, 0) is 31.1 Å². The van der Waals surface area contributed by atoms with Crippen molar-refractivity contribution in [1.82, 2.24) is 20.4 Å². The van der Waals surface area contributed by atoms with Crippen LogP contribution in [0, 0.1) is 12.8 Å². The fourth-order valence-electron chi connectivity index (χ4n) is 2.30. The third-order valence-electron chi connectivity index (χ3n) is 3.50. The Hall–Kier alpha value is -2.54. The Morgan fingerprint density at radius 1 is 1.35 bits per heavy atom. The lowest BCUT2D eigenvalue weighted by Crippen LogP contribution is -2.33. The summed E-state index contributed by atoms with van der Waals surface area (Å²) >= 11 is 6.33. The molecule has 0 bridgehead atoms. The second-order valence-electron chi connectivity index (χ2n) is 6.22. The highest BCUT2D eigenvalue weighted by Crippen LogP contribution is 2.22. The number of hydrogen-bond acceptors (Lipinski definition) is 4. The third-order valence-corrected chi connectivity index (χ3v) is 3.90. The molecule has 2 N–H and O–H groups in total. The average Bonchev–Trinajstić information content (AvgIpc) is 3.19. The number of aryl methyl sites for hydroxylation is 1. The minimum absolute atomic E-state index is 0.236. The van der Waals surface area contributed by atoms with Gasteiger partial charge in [0, 0.05) is 31.3 Å². The van der Waals surface area contributed by atoms with Crippen LogP contribution in [0.25, 0.3) is 6.08 Å². The first-order chi connectivity index (χ1) is 12.4. The minimum atomic E-state index is -0.320. The van der Waals surface area contributed by atoms with Crippen LogP contribution in [0.2, 0.25) is 5.15 Å². The zero-order chi connectivity index (χ0) is 19.1. The van der Waals surface area contributed by atoms with E-state index in [1.165, 1.54) is 12.3 Å². The van der Waals surface area contributed by atoms with Crippen molar-refractivity contribution in [3.63, 3.8) is 0 Å². The maximum Gasteiger partial charge on any atom is 0.287 e. The summed E-state index contributed by atoms with van der Waals surface area (Å²) in [6.07, 6.45) is 4.49. The van der Waals surface area contributed by atoms with Crippen LogP contribution in [0.5, 0.6) is 0 Å². The molecule has 2 aromatic rings. The van der Waals surface area contributed by atoms with Crippen LogP contribution in [0.3, 0.4) is 0 Å². The predicted octanol–water partition coefficient (Wildman–Crippen LogP) is 2.65. The lowest BCUT2D eigenvalue weighted by molar-refractivity contribution is -0.116. The summed E-state index contributed by atoms with van der Waals surface area (Å²) in [5, 5.41) is 10.3. The van der Waals surface area contributed by atoms with Gasteiger partial charge >= 0.3 is 0 Å². The van der Waals surface area contributed by atoms with Crippen molar-refractivity contribution >= 4 is 29.5 Å². The van der Waals surface area contributed by atoms with Crippen LogP contribution >= 0.6 is 11.6 Å². The molecule has 140 valence electrons. The zero-order valence-electron chi connectivity index (χ0n) is 15.1. The van der Waals surface area contributed by atoms with Crippen molar-refractivity contribution in [2.24, 2.45) is 5.92 Å². The summed E-state index contributed by atoms with van der Waals surface area (Å²) in [7, 11) is 0. The van der Waals surface area contributed by atoms with E-state index in [-0.39, 0.29) is 17.6 Å². The average molecular weight is 379 g/mol. The molecule has 0 aromatic carbocycles. The first-order valence-corrected chi connectivity index (χ1v) is 8.76. The molecular weight excluding hydrogens is 356 g/mol. The number of nitrogens with zero attached hydrogens (tertiary/aromatic N) is 2. The Balaban J connectivity index is 1.80. The lowest BCUT2D eigenvalue weighted by atomic mass is 10.2. The number of furan rings is 1. The Morgan fingerprint density at radius 2 is 2.08 bits per heavy atom. The molecule has 0 unspecified atom stereocenters. The molecule has 0 spiro atoms. The van der Waals surface area contributed by atoms with E-state index in [9.17, 15) is 9.59 Å². The Labute approximate surface area is 157 Å². The first kappa shape index (κ1) is 19.8. The fourth-order valence-corrected chi connectivity index (χ4v) is 2.60. The Bertz CT molecular complexity index is 779. The standard InChI is InChI=1S/C18H23ClN4O3/c1-12(2)11-23-17(19)14(13(3)22-23)6-7-16(24)20-8-9-21-18(25)15-5-4-10-26-15/h4-7,10,12H,8-9,11H2,1-3H3,(H,20,24)(H,21,25)/b7-6+. The highest BCUT2D eigenvalue weighted by Gasteiger charge is 2.12. The van der Waals surface area contributed by atoms with E-state index in [4.69, 9.17) is 16.0 Å². The van der Waals surface area contributed by atoms with Gasteiger partial charge in [0.05, 0.1) is 12.0 Å². The molecule has 2 amide bonds. The second kappa shape index (κ2) is 9.24. The van der Waals surface area contributed by atoms with Gasteiger partial charge in [-0.3, -0.25) is 14.3 Å². The van der Waals surface area contributed by atoms with Crippen LogP contribution in [0.1, 0.15) is 35.7 Å². The summed E-state index contributed by atoms with van der Waals surface area (Å²) in [4.78, 5) is 23.6. The summed E-state index contributed by atoms with van der Waals surface area (Å²) in [5.41, 5.74) is 1.50. The van der Waals surface area contributed by atoms with Crippen LogP contribution < -0.4 is 10.6 Å². The van der Waals surface area contributed by atoms with E-state index in [1.54, 1.807) is 22.9 Å². The molecule has 0 saturated carbocycles. The monoisotopic (exact) mass is 378 g/mol. The van der Waals surface area contributed by atoms with E-state index in [0.717, 1.165) is 17.8 Å². The molecule has 2 heterocycles. The highest BCUT2D eigenvalue weighted by atomic mass is 35.5. The number of aromatic nitrogens is 2. The number of halogens is 1. The van der Waals surface area contributed by atoms with E-state index in [0.29, 0.717) is 24.2 Å². The minimum Gasteiger partial charge on any atom is -0.459 e. The predicted molar refractivity (Wildman–Crippen MR) is 99.9 cm³/mol. The summed E-state index contributed by atoms with van der Waals surface area (Å²) in [6.45, 7) is 7.33. The summed E-state index contributed by atoms with van der Waals surface area (Å²) < 4.78 is 6.72. The van der Waals surface area contributed by atoms with Crippen LogP contribution in [-0.4, -0.2) is 34.7 Å². The normalized spacial score (nSPS) is 11.3. The zero-order valence-corrected chi connectivity index (χ0v) is 15.8. The lowest BCUT2D eigenvalue weighted by Gasteiger charge is -2.05. The van der Waals surface area contributed by atoms with Gasteiger partial charge in [0.15, 0.2) is 5.76 Å². The van der Waals surface area contributed by atoms with Crippen LogP contribution in [-0.2, 0) is 11.3 Å². The summed E-state index contributed by atoms with van der Waals surface area (Å²) in [5.74, 6) is 0.0622. The molecular formula is C18H23ClN4O3. The molecule has 0 radical (unpaired) electrons. The molecule has 0 fully saturated rings. The van der Waals surface area contributed by atoms with Crippen LogP contribution in [0.15, 0.2) is 28.9 Å². The maximum absolute atomic E-state index is 11.9. The van der Waals surface area contributed by atoms with Crippen molar-refractivity contribution in [2.75, 3.05) is 13.1 Å². The molecule has 26 heavy (non-hydrogen) atoms. The number of carbonyl (C=O) groups excluding carboxylic acids is 2. The molecule has 0 aliphatic heterocycles. The number of hydrogen-bond donors (Lipinski definition) is 2. The van der Waals surface area contributed by atoms with Gasteiger partial charge in [-0.2, -0.15) is 5.10 Å². The molecule has 8 heteroatoms. The van der Waals surface area contributed by atoms with E-state index in [2.05, 4.69) is 29.6 Å². The van der Waals surface area contributed by atoms with Gasteiger partial charge in [-0.1, -0.05) is 25.4 Å². The van der Waals surface area contributed by atoms with Crippen LogP contribution in [0.4, 0.5) is 0 Å². The van der Waals surface area contributed by atoms with Gasteiger partial charge in [0.1, 0.15) is 5.15 Å². The van der Waals surface area contributed by atoms with Gasteiger partial charge in [0.25, 0.3) is 5.91 Å². The third kappa shape index (κ3) is 5.49. The number of carbonyl (C=O) groups is 2. The number of nitrogens with one attached hydrogen (secondary N) is 2. The van der Waals surface area contributed by atoms with E-state index in [1.807, 2.05) is 6.92 Å². The molecule has 2 rings (SSSR count). The van der Waals surface area contributed by atoms with Gasteiger partial charge in [0.2, 0.25) is 5.91 Å². The van der Waals surface area contributed by atoms with Crippen molar-refractivity contribution in [3.8, 4) is 0 Å². The highest BCUT2D eigenvalue weighted by molar-refractivity contribution is 6.31. The molecule has 7 nitrogen and oxygen atoms in total. The SMILES string of the molecule is Cc1nn(CC(C)C)c(Cl)c1/C=C/C(=O)NCCNC(=O)c1ccco1. The number of amides is 2. The largest absolute Gasteiger partial charge is 0.459 e. The fraction of sp³-hybridized carbons (Fsp3) is 0.389. The molecule has 0 atom stereocenters. The smallest absolute Gasteiger partial charge is 0.287 e. The van der Waals surface area contributed by atoms with Gasteiger partial charge in [-0.25, -0.2) is 0 Å². The Morgan fingerprint density at radius 3 is 2.73 bits per heavy atom. The van der Waals surface area contributed by atoms with Crippen molar-refractivity contribution in [2.45, 2.75) is 27.3 Å². The molecule has 0 aliphatic rings. The van der Waals surface area contributed by atoms with E-state index < -0.39 is 0 Å². The maximum atomic E-state index is 11.9. The molecule has 2 aromatic heterocycles. The number of rotatable bonds is 8. The van der Waals surface area contributed by atoms with E-state index >= 15 is 0 Å². The van der Waals surface area contributed by atoms with Gasteiger partial charge in [-0.15, -0.1) is 0 Å². The van der Waals surface area contributed by atoms with Gasteiger partial charge < -0.3 is 15.1 Å². The van der Waals surface area contributed by atoms with Crippen molar-refractivity contribution in [1.29, 1.82) is 0 Å². The molecule has 0 saturated heterocycles.